The van der Waals surface area contributed by atoms with Gasteiger partial charge in [0.2, 0.25) is 0 Å². The van der Waals surface area contributed by atoms with E-state index in [1.165, 1.54) is 0 Å². The van der Waals surface area contributed by atoms with Crippen LogP contribution >= 0.6 is 10.8 Å². The molecule has 6 nitrogen and oxygen atoms in total. The third-order valence-corrected chi connectivity index (χ3v) is 7.38. The fraction of sp³-hybridized carbons (Fsp3) is 0.435. The zero-order valence-electron chi connectivity index (χ0n) is 17.7. The number of nitrogens with zero attached hydrogens (tertiary/aromatic N) is 1. The van der Waals surface area contributed by atoms with Crippen LogP contribution in [0.15, 0.2) is 53.4 Å². The maximum atomic E-state index is 11.4. The Labute approximate surface area is 180 Å². The molecule has 0 aromatic heterocycles. The lowest BCUT2D eigenvalue weighted by Crippen LogP contribution is -2.24. The van der Waals surface area contributed by atoms with Gasteiger partial charge in [0, 0.05) is 13.5 Å². The van der Waals surface area contributed by atoms with Gasteiger partial charge in [0.25, 0.3) is 0 Å². The first-order valence-electron chi connectivity index (χ1n) is 10.6. The first-order valence-corrected chi connectivity index (χ1v) is 12.1. The highest BCUT2D eigenvalue weighted by Crippen LogP contribution is 2.58. The molecule has 2 aromatic carbocycles. The number of fused-ring (bicyclic) bond motifs is 2. The average Bonchev–Trinajstić information content (AvgIpc) is 2.81. The minimum absolute atomic E-state index is 0.118. The Hall–Kier alpha value is -2.06. The number of rotatable bonds is 9. The number of carbonyl (C=O) groups is 1. The van der Waals surface area contributed by atoms with Crippen LogP contribution in [0.5, 0.6) is 0 Å². The summed E-state index contributed by atoms with van der Waals surface area (Å²) >= 11 is 0. The molecule has 0 amide bonds. The van der Waals surface area contributed by atoms with Crippen LogP contribution in [0, 0.1) is 0 Å². The minimum Gasteiger partial charge on any atom is -0.466 e. The number of hydrogen-bond donors (Lipinski definition) is 3. The maximum absolute atomic E-state index is 11.4. The summed E-state index contributed by atoms with van der Waals surface area (Å²) in [6.45, 7) is 3.06. The second kappa shape index (κ2) is 10.3. The number of benzene rings is 2. The van der Waals surface area contributed by atoms with E-state index in [1.807, 2.05) is 49.4 Å². The number of ether oxygens (including phenoxy) is 1. The number of nitrogens with one attached hydrogen (secondary N) is 1. The SMILES string of the molecule is CCOC(=O)CCCCCCNC1c2ccccc2N(C)S(O)(O)c2ccccc21. The summed E-state index contributed by atoms with van der Waals surface area (Å²) < 4.78 is 28.5. The molecule has 1 atom stereocenters. The number of hydrogen-bond acceptors (Lipinski definition) is 6. The molecule has 3 rings (SSSR count). The third kappa shape index (κ3) is 4.98. The van der Waals surface area contributed by atoms with Gasteiger partial charge < -0.3 is 10.1 Å². The van der Waals surface area contributed by atoms with Crippen LogP contribution < -0.4 is 9.62 Å². The zero-order chi connectivity index (χ0) is 21.6. The van der Waals surface area contributed by atoms with Crippen molar-refractivity contribution in [2.75, 3.05) is 24.5 Å². The van der Waals surface area contributed by atoms with E-state index >= 15 is 0 Å². The van der Waals surface area contributed by atoms with E-state index in [4.69, 9.17) is 4.74 Å². The first-order chi connectivity index (χ1) is 14.5. The summed E-state index contributed by atoms with van der Waals surface area (Å²) in [7, 11) is -1.38. The molecular weight excluding hydrogens is 400 g/mol. The van der Waals surface area contributed by atoms with Crippen LogP contribution in [0.2, 0.25) is 0 Å². The van der Waals surface area contributed by atoms with Gasteiger partial charge in [-0.15, -0.1) is 0 Å². The molecule has 0 saturated carbocycles. The van der Waals surface area contributed by atoms with Gasteiger partial charge in [-0.3, -0.25) is 18.2 Å². The molecule has 0 radical (unpaired) electrons. The second-order valence-corrected chi connectivity index (χ2v) is 9.49. The predicted molar refractivity (Wildman–Crippen MR) is 122 cm³/mol. The lowest BCUT2D eigenvalue weighted by molar-refractivity contribution is -0.143. The molecule has 0 bridgehead atoms. The highest BCUT2D eigenvalue weighted by atomic mass is 32.3. The van der Waals surface area contributed by atoms with Crippen LogP contribution in [-0.2, 0) is 9.53 Å². The summed E-state index contributed by atoms with van der Waals surface area (Å²) in [6, 6.07) is 15.3. The monoisotopic (exact) mass is 432 g/mol. The van der Waals surface area contributed by atoms with Gasteiger partial charge in [0.05, 0.1) is 23.2 Å². The molecule has 164 valence electrons. The molecular formula is C23H32N2O4S. The van der Waals surface area contributed by atoms with E-state index in [1.54, 1.807) is 17.4 Å². The van der Waals surface area contributed by atoms with Crippen molar-refractivity contribution in [2.24, 2.45) is 0 Å². The number of anilines is 1. The van der Waals surface area contributed by atoms with Crippen LogP contribution in [0.1, 0.15) is 56.2 Å². The predicted octanol–water partition coefficient (Wildman–Crippen LogP) is 5.35. The average molecular weight is 433 g/mol. The second-order valence-electron chi connectivity index (χ2n) is 7.47. The normalized spacial score (nSPS) is 18.1. The van der Waals surface area contributed by atoms with Crippen molar-refractivity contribution >= 4 is 22.4 Å². The standard InChI is InChI=1S/C23H32N2O4S/c1-3-29-22(26)16-6-4-5-11-17-24-23-18-12-7-9-14-20(18)25(2)30(27,28)21-15-10-8-13-19(21)23/h7-10,12-15,23-24,27-28H,3-6,11,16-17H2,1-2H3. The summed E-state index contributed by atoms with van der Waals surface area (Å²) in [6.07, 6.45) is 4.32. The first kappa shape index (κ1) is 22.6. The summed E-state index contributed by atoms with van der Waals surface area (Å²) in [4.78, 5) is 12.0. The topological polar surface area (TPSA) is 82.0 Å². The fourth-order valence-corrected chi connectivity index (χ4v) is 5.39. The van der Waals surface area contributed by atoms with Crippen molar-refractivity contribution in [1.29, 1.82) is 0 Å². The molecule has 3 N–H and O–H groups in total. The lowest BCUT2D eigenvalue weighted by Gasteiger charge is -2.41. The lowest BCUT2D eigenvalue weighted by atomic mass is 9.96. The van der Waals surface area contributed by atoms with Crippen molar-refractivity contribution in [1.82, 2.24) is 5.32 Å². The molecule has 1 aliphatic rings. The Morgan fingerprint density at radius 2 is 1.70 bits per heavy atom. The summed E-state index contributed by atoms with van der Waals surface area (Å²) in [5.41, 5.74) is 2.75. The Morgan fingerprint density at radius 1 is 1.03 bits per heavy atom. The Morgan fingerprint density at radius 3 is 2.47 bits per heavy atom. The number of para-hydroxylation sites is 1. The Balaban J connectivity index is 1.68. The van der Waals surface area contributed by atoms with Crippen LogP contribution in [0.25, 0.3) is 0 Å². The molecule has 2 aromatic rings. The van der Waals surface area contributed by atoms with Gasteiger partial charge in [0.1, 0.15) is 0 Å². The summed E-state index contributed by atoms with van der Waals surface area (Å²) in [5, 5.41) is 3.63. The highest BCUT2D eigenvalue weighted by Gasteiger charge is 2.34. The van der Waals surface area contributed by atoms with Crippen molar-refractivity contribution in [3.63, 3.8) is 0 Å². The van der Waals surface area contributed by atoms with Gasteiger partial charge >= 0.3 is 5.97 Å². The molecule has 0 aliphatic carbocycles. The Kier molecular flexibility index (Phi) is 7.77. The van der Waals surface area contributed by atoms with Gasteiger partial charge in [-0.05, 0) is 49.6 Å². The van der Waals surface area contributed by atoms with Crippen molar-refractivity contribution in [3.05, 3.63) is 59.7 Å². The van der Waals surface area contributed by atoms with E-state index in [-0.39, 0.29) is 12.0 Å². The molecule has 1 heterocycles. The quantitative estimate of drug-likeness (QED) is 0.366. The third-order valence-electron chi connectivity index (χ3n) is 5.46. The highest BCUT2D eigenvalue weighted by molar-refractivity contribution is 8.25. The van der Waals surface area contributed by atoms with E-state index in [0.717, 1.165) is 49.0 Å². The molecule has 7 heteroatoms. The zero-order valence-corrected chi connectivity index (χ0v) is 18.5. The van der Waals surface area contributed by atoms with E-state index in [9.17, 15) is 13.9 Å². The van der Waals surface area contributed by atoms with Gasteiger partial charge in [-0.25, -0.2) is 0 Å². The molecule has 1 unspecified atom stereocenters. The molecule has 0 spiro atoms. The fourth-order valence-electron chi connectivity index (χ4n) is 3.89. The van der Waals surface area contributed by atoms with Gasteiger partial charge in [-0.2, -0.15) is 0 Å². The van der Waals surface area contributed by atoms with E-state index in [2.05, 4.69) is 5.32 Å². The largest absolute Gasteiger partial charge is 0.466 e. The van der Waals surface area contributed by atoms with Gasteiger partial charge in [-0.1, -0.05) is 60.0 Å². The van der Waals surface area contributed by atoms with Gasteiger partial charge in [0.15, 0.2) is 0 Å². The van der Waals surface area contributed by atoms with Crippen LogP contribution in [-0.4, -0.2) is 35.3 Å². The van der Waals surface area contributed by atoms with Crippen LogP contribution in [0.4, 0.5) is 5.69 Å². The van der Waals surface area contributed by atoms with E-state index in [0.29, 0.717) is 17.9 Å². The molecule has 1 aliphatic heterocycles. The van der Waals surface area contributed by atoms with Crippen molar-refractivity contribution in [2.45, 2.75) is 50.0 Å². The van der Waals surface area contributed by atoms with Crippen molar-refractivity contribution in [3.8, 4) is 0 Å². The molecule has 0 saturated heterocycles. The van der Waals surface area contributed by atoms with Crippen LogP contribution in [0.3, 0.4) is 0 Å². The minimum atomic E-state index is -3.11. The number of esters is 1. The smallest absolute Gasteiger partial charge is 0.305 e. The number of carbonyl (C=O) groups excluding carboxylic acids is 1. The Bertz CT molecular complexity index is 859. The maximum Gasteiger partial charge on any atom is 0.305 e. The molecule has 0 fully saturated rings. The summed E-state index contributed by atoms with van der Waals surface area (Å²) in [5.74, 6) is -0.120. The molecule has 30 heavy (non-hydrogen) atoms. The van der Waals surface area contributed by atoms with Crippen molar-refractivity contribution < 1.29 is 18.6 Å². The number of unbranched alkanes of at least 4 members (excludes halogenated alkanes) is 3. The van der Waals surface area contributed by atoms with E-state index < -0.39 is 10.8 Å².